The molecule has 4 rings (SSSR count). The molecular weight excluding hydrogens is 625 g/mol. The number of hydrogen-bond donors (Lipinski definition) is 3. The van der Waals surface area contributed by atoms with Crippen LogP contribution in [0.3, 0.4) is 0 Å². The van der Waals surface area contributed by atoms with Gasteiger partial charge in [-0.2, -0.15) is 22.8 Å². The normalized spacial score (nSPS) is 17.4. The van der Waals surface area contributed by atoms with Gasteiger partial charge in [-0.05, 0) is 69.1 Å². The van der Waals surface area contributed by atoms with Gasteiger partial charge in [0.1, 0.15) is 17.7 Å². The van der Waals surface area contributed by atoms with Crippen molar-refractivity contribution in [3.05, 3.63) is 47.3 Å². The van der Waals surface area contributed by atoms with E-state index in [-0.39, 0.29) is 41.7 Å². The maximum absolute atomic E-state index is 13.9. The maximum atomic E-state index is 13.9. The number of alkyl halides is 3. The number of rotatable bonds is 12. The lowest BCUT2D eigenvalue weighted by Crippen LogP contribution is -2.44. The molecule has 13 nitrogen and oxygen atoms in total. The number of anilines is 2. The van der Waals surface area contributed by atoms with Gasteiger partial charge in [-0.15, -0.1) is 5.10 Å². The smallest absolute Gasteiger partial charge is 0.369 e. The summed E-state index contributed by atoms with van der Waals surface area (Å²) in [5.74, 6) is -1.84. The van der Waals surface area contributed by atoms with Crippen LogP contribution in [0, 0.1) is 17.2 Å². The van der Waals surface area contributed by atoms with Gasteiger partial charge in [0.05, 0.1) is 23.9 Å². The molecule has 0 bridgehead atoms. The Hall–Kier alpha value is -4.33. The summed E-state index contributed by atoms with van der Waals surface area (Å²) in [6.45, 7) is 3.09. The molecule has 1 aromatic heterocycles. The van der Waals surface area contributed by atoms with Crippen molar-refractivity contribution in [1.82, 2.24) is 19.7 Å². The van der Waals surface area contributed by atoms with Crippen molar-refractivity contribution in [2.24, 2.45) is 22.5 Å². The summed E-state index contributed by atoms with van der Waals surface area (Å²) in [6, 6.07) is 9.91. The first-order valence-corrected chi connectivity index (χ1v) is 16.8. The van der Waals surface area contributed by atoms with Gasteiger partial charge >= 0.3 is 6.18 Å². The van der Waals surface area contributed by atoms with Crippen molar-refractivity contribution >= 4 is 33.5 Å². The topological polar surface area (TPSA) is 187 Å². The van der Waals surface area contributed by atoms with Crippen molar-refractivity contribution < 1.29 is 26.4 Å². The number of carbonyl (C=O) groups is 1. The third-order valence-corrected chi connectivity index (χ3v) is 9.81. The molecule has 2 aromatic rings. The fourth-order valence-corrected chi connectivity index (χ4v) is 6.54. The molecule has 1 amide bonds. The molecule has 0 spiro atoms. The van der Waals surface area contributed by atoms with Crippen LogP contribution >= 0.6 is 0 Å². The molecule has 1 aromatic carbocycles. The number of halogens is 3. The van der Waals surface area contributed by atoms with Gasteiger partial charge in [-0.25, -0.2) is 18.4 Å². The molecular formula is C29H39F3N10O3S. The Balaban J connectivity index is 1.42. The Kier molecular flexibility index (Phi) is 11.1. The van der Waals surface area contributed by atoms with E-state index in [1.165, 1.54) is 13.0 Å². The van der Waals surface area contributed by atoms with Crippen LogP contribution in [-0.4, -0.2) is 79.2 Å². The van der Waals surface area contributed by atoms with Crippen LogP contribution in [0.2, 0.25) is 0 Å². The molecule has 250 valence electrons. The first kappa shape index (κ1) is 34.5. The van der Waals surface area contributed by atoms with Crippen LogP contribution in [0.25, 0.3) is 0 Å². The predicted molar refractivity (Wildman–Crippen MR) is 167 cm³/mol. The number of amides is 1. The molecule has 0 aliphatic carbocycles. The monoisotopic (exact) mass is 664 g/mol. The second-order valence-corrected chi connectivity index (χ2v) is 13.5. The van der Waals surface area contributed by atoms with Crippen molar-refractivity contribution in [2.45, 2.75) is 57.7 Å². The molecule has 2 aliphatic rings. The van der Waals surface area contributed by atoms with Gasteiger partial charge in [0.25, 0.3) is 0 Å². The first-order chi connectivity index (χ1) is 21.8. The highest BCUT2D eigenvalue weighted by atomic mass is 32.2. The summed E-state index contributed by atoms with van der Waals surface area (Å²) in [5, 5.41) is 15.6. The lowest BCUT2D eigenvalue weighted by molar-refractivity contribution is -0.144. The van der Waals surface area contributed by atoms with Crippen LogP contribution in [0.5, 0.6) is 0 Å². The number of hydrazone groups is 1. The highest BCUT2D eigenvalue weighted by molar-refractivity contribution is 7.89. The summed E-state index contributed by atoms with van der Waals surface area (Å²) in [6.07, 6.45) is -1.50. The number of guanidine groups is 1. The lowest BCUT2D eigenvalue weighted by Gasteiger charge is -2.34. The number of sulfonamides is 1. The highest BCUT2D eigenvalue weighted by Crippen LogP contribution is 2.34. The SMILES string of the molecule is CCS(=O)(=O)N(CCC1CCN(c2cc(N3CCC[C@H]3C(=O)NCCc3ccc(C#N)cc3)nc(C(F)(F)F)n2)CC1)N=C(N)N. The minimum atomic E-state index is -4.79. The van der Waals surface area contributed by atoms with Crippen LogP contribution < -0.4 is 26.6 Å². The molecule has 0 unspecified atom stereocenters. The van der Waals surface area contributed by atoms with Gasteiger partial charge in [0.2, 0.25) is 27.7 Å². The van der Waals surface area contributed by atoms with Crippen molar-refractivity contribution in [3.63, 3.8) is 0 Å². The van der Waals surface area contributed by atoms with Crippen LogP contribution in [-0.2, 0) is 27.4 Å². The molecule has 2 fully saturated rings. The Morgan fingerprint density at radius 3 is 2.41 bits per heavy atom. The van der Waals surface area contributed by atoms with E-state index in [1.807, 2.05) is 12.1 Å². The largest absolute Gasteiger partial charge is 0.451 e. The Labute approximate surface area is 266 Å². The minimum absolute atomic E-state index is 0.0434. The number of nitrogens with two attached hydrogens (primary N) is 2. The Bertz CT molecular complexity index is 1530. The van der Waals surface area contributed by atoms with E-state index in [0.717, 1.165) is 9.98 Å². The molecule has 2 aliphatic heterocycles. The van der Waals surface area contributed by atoms with E-state index < -0.39 is 28.1 Å². The van der Waals surface area contributed by atoms with Gasteiger partial charge in [-0.3, -0.25) is 4.79 Å². The van der Waals surface area contributed by atoms with E-state index in [9.17, 15) is 26.4 Å². The van der Waals surface area contributed by atoms with Crippen molar-refractivity contribution in [3.8, 4) is 6.07 Å². The Morgan fingerprint density at radius 1 is 1.13 bits per heavy atom. The molecule has 17 heteroatoms. The molecule has 1 atom stereocenters. The highest BCUT2D eigenvalue weighted by Gasteiger charge is 2.39. The Morgan fingerprint density at radius 2 is 1.80 bits per heavy atom. The van der Waals surface area contributed by atoms with Crippen LogP contribution in [0.1, 0.15) is 56.0 Å². The number of aromatic nitrogens is 2. The molecule has 3 heterocycles. The molecule has 2 saturated heterocycles. The van der Waals surface area contributed by atoms with Gasteiger partial charge in [0, 0.05) is 32.2 Å². The van der Waals surface area contributed by atoms with Gasteiger partial charge in [0.15, 0.2) is 0 Å². The van der Waals surface area contributed by atoms with Gasteiger partial charge < -0.3 is 26.6 Å². The number of nitrogens with one attached hydrogen (secondary N) is 1. The summed E-state index contributed by atoms with van der Waals surface area (Å²) >= 11 is 0. The minimum Gasteiger partial charge on any atom is -0.369 e. The maximum Gasteiger partial charge on any atom is 0.451 e. The molecule has 0 radical (unpaired) electrons. The number of piperidine rings is 1. The van der Waals surface area contributed by atoms with E-state index in [2.05, 4.69) is 26.5 Å². The fourth-order valence-electron chi connectivity index (χ4n) is 5.64. The van der Waals surface area contributed by atoms with E-state index >= 15 is 0 Å². The number of benzene rings is 1. The molecule has 5 N–H and O–H groups in total. The zero-order valence-electron chi connectivity index (χ0n) is 25.6. The lowest BCUT2D eigenvalue weighted by atomic mass is 9.93. The summed E-state index contributed by atoms with van der Waals surface area (Å²) in [7, 11) is -3.66. The summed E-state index contributed by atoms with van der Waals surface area (Å²) < 4.78 is 67.4. The van der Waals surface area contributed by atoms with E-state index in [1.54, 1.807) is 21.9 Å². The fraction of sp³-hybridized carbons (Fsp3) is 0.552. The zero-order valence-corrected chi connectivity index (χ0v) is 26.4. The van der Waals surface area contributed by atoms with Crippen LogP contribution in [0.15, 0.2) is 35.4 Å². The average Bonchev–Trinajstić information content (AvgIpc) is 3.53. The molecule has 46 heavy (non-hydrogen) atoms. The third-order valence-electron chi connectivity index (χ3n) is 8.18. The number of carbonyl (C=O) groups excluding carboxylic acids is 1. The molecule has 0 saturated carbocycles. The number of nitrogens with zero attached hydrogens (tertiary/aromatic N) is 7. The average molecular weight is 665 g/mol. The van der Waals surface area contributed by atoms with Crippen molar-refractivity contribution in [2.75, 3.05) is 48.3 Å². The quantitative estimate of drug-likeness (QED) is 0.172. The second-order valence-electron chi connectivity index (χ2n) is 11.3. The first-order valence-electron chi connectivity index (χ1n) is 15.1. The van der Waals surface area contributed by atoms with Crippen LogP contribution in [0.4, 0.5) is 24.8 Å². The standard InChI is InChI=1S/C29H39F3N10O3S/c1-2-46(44,45)42(39-28(34)35)17-12-21-10-15-40(16-11-21)24-18-25(38-27(37-24)29(30,31)32)41-14-3-4-23(41)26(43)36-13-9-20-5-7-22(19-33)8-6-20/h5-8,18,21,23H,2-4,9-17H2,1H3,(H,36,43)(H4,34,35,39)/t23-/m0/s1. The number of hydrogen-bond acceptors (Lipinski definition) is 9. The summed E-state index contributed by atoms with van der Waals surface area (Å²) in [5.41, 5.74) is 12.3. The van der Waals surface area contributed by atoms with E-state index in [4.69, 9.17) is 16.7 Å². The predicted octanol–water partition coefficient (Wildman–Crippen LogP) is 2.14. The third kappa shape index (κ3) is 8.89. The van der Waals surface area contributed by atoms with E-state index in [0.29, 0.717) is 70.3 Å². The van der Waals surface area contributed by atoms with Crippen molar-refractivity contribution in [1.29, 1.82) is 5.26 Å². The second kappa shape index (κ2) is 14.8. The zero-order chi connectivity index (χ0) is 33.5. The summed E-state index contributed by atoms with van der Waals surface area (Å²) in [4.78, 5) is 24.2. The number of nitriles is 1. The van der Waals surface area contributed by atoms with Gasteiger partial charge in [-0.1, -0.05) is 12.1 Å².